The summed E-state index contributed by atoms with van der Waals surface area (Å²) in [6, 6.07) is 0. The highest BCUT2D eigenvalue weighted by Crippen LogP contribution is 2.06. The minimum Gasteiger partial charge on any atom is -0.481 e. The highest BCUT2D eigenvalue weighted by molar-refractivity contribution is 5.66. The number of carboxylic acid groups (broad SMARTS) is 1. The van der Waals surface area contributed by atoms with Crippen molar-refractivity contribution < 1.29 is 14.8 Å². The van der Waals surface area contributed by atoms with E-state index < -0.39 is 5.97 Å². The van der Waals surface area contributed by atoms with E-state index in [0.717, 1.165) is 51.4 Å². The Morgan fingerprint density at radius 1 is 0.760 bits per heavy atom. The molecule has 5 nitrogen and oxygen atoms in total. The summed E-state index contributed by atoms with van der Waals surface area (Å²) in [6.45, 7) is 0.00118. The topological polar surface area (TPSA) is 80.4 Å². The molecule has 0 bridgehead atoms. The minimum absolute atomic E-state index is 0.00118. The molecule has 0 aromatic carbocycles. The van der Waals surface area contributed by atoms with Crippen LogP contribution in [-0.2, 0) is 4.79 Å². The van der Waals surface area contributed by atoms with Crippen molar-refractivity contribution in [2.45, 2.75) is 64.2 Å². The Labute approximate surface area is 151 Å². The Balaban J connectivity index is 3.40. The first kappa shape index (κ1) is 22.8. The van der Waals surface area contributed by atoms with Gasteiger partial charge in [0.1, 0.15) is 0 Å². The van der Waals surface area contributed by atoms with Crippen LogP contribution in [0.4, 0.5) is 0 Å². The number of hydrogen-bond acceptors (Lipinski definition) is 3. The zero-order valence-electron chi connectivity index (χ0n) is 15.0. The summed E-state index contributed by atoms with van der Waals surface area (Å²) >= 11 is 0. The van der Waals surface area contributed by atoms with E-state index in [1.807, 2.05) is 12.2 Å². The van der Waals surface area contributed by atoms with Crippen LogP contribution in [0.1, 0.15) is 64.2 Å². The Hall–Kier alpha value is -2.17. The molecule has 1 N–H and O–H groups in total. The maximum atomic E-state index is 10.3. The third kappa shape index (κ3) is 21.8. The lowest BCUT2D eigenvalue weighted by Gasteiger charge is -1.96. The lowest BCUT2D eigenvalue weighted by molar-refractivity contribution is -0.478. The molecular weight excluding hydrogens is 318 g/mol. The van der Waals surface area contributed by atoms with Crippen molar-refractivity contribution in [3.63, 3.8) is 0 Å². The average Bonchev–Trinajstić information content (AvgIpc) is 2.56. The second-order valence-electron chi connectivity index (χ2n) is 5.78. The van der Waals surface area contributed by atoms with Crippen molar-refractivity contribution in [1.29, 1.82) is 0 Å². The lowest BCUT2D eigenvalue weighted by Crippen LogP contribution is -1.97. The first-order valence-corrected chi connectivity index (χ1v) is 9.06. The van der Waals surface area contributed by atoms with E-state index in [1.54, 1.807) is 0 Å². The van der Waals surface area contributed by atoms with Gasteiger partial charge in [-0.25, -0.2) is 0 Å². The van der Waals surface area contributed by atoms with Gasteiger partial charge in [0.15, 0.2) is 0 Å². The zero-order chi connectivity index (χ0) is 18.6. The average molecular weight is 349 g/mol. The largest absolute Gasteiger partial charge is 0.481 e. The van der Waals surface area contributed by atoms with E-state index in [1.165, 1.54) is 0 Å². The predicted molar refractivity (Wildman–Crippen MR) is 102 cm³/mol. The van der Waals surface area contributed by atoms with E-state index in [0.29, 0.717) is 6.42 Å². The van der Waals surface area contributed by atoms with Crippen LogP contribution < -0.4 is 0 Å². The van der Waals surface area contributed by atoms with Crippen LogP contribution in [0.15, 0.2) is 48.6 Å². The molecule has 0 radical (unpaired) electrons. The highest BCUT2D eigenvalue weighted by atomic mass is 16.6. The summed E-state index contributed by atoms with van der Waals surface area (Å²) in [5.41, 5.74) is 0. The molecule has 0 saturated carbocycles. The molecule has 0 aliphatic heterocycles. The normalized spacial score (nSPS) is 12.2. The molecule has 0 unspecified atom stereocenters. The molecular formula is C20H31NO4. The molecule has 0 aliphatic carbocycles. The van der Waals surface area contributed by atoms with Crippen molar-refractivity contribution in [3.05, 3.63) is 58.7 Å². The maximum Gasteiger partial charge on any atom is 0.303 e. The summed E-state index contributed by atoms with van der Waals surface area (Å²) in [5, 5.41) is 18.6. The number of unbranched alkanes of at least 4 members (excludes halogenated alkanes) is 4. The predicted octanol–water partition coefficient (Wildman–Crippen LogP) is 5.47. The van der Waals surface area contributed by atoms with Crippen LogP contribution in [0, 0.1) is 10.1 Å². The second kappa shape index (κ2) is 18.2. The fourth-order valence-corrected chi connectivity index (χ4v) is 2.12. The maximum absolute atomic E-state index is 10.3. The highest BCUT2D eigenvalue weighted by Gasteiger charge is 1.95. The molecule has 0 spiro atoms. The van der Waals surface area contributed by atoms with Gasteiger partial charge in [0.25, 0.3) is 0 Å². The Morgan fingerprint density at radius 2 is 1.24 bits per heavy atom. The molecule has 0 amide bonds. The molecule has 25 heavy (non-hydrogen) atoms. The van der Waals surface area contributed by atoms with Crippen LogP contribution in [0.5, 0.6) is 0 Å². The first-order chi connectivity index (χ1) is 12.1. The van der Waals surface area contributed by atoms with E-state index in [-0.39, 0.29) is 17.9 Å². The number of nitrogens with zero attached hydrogens (tertiary/aromatic N) is 1. The van der Waals surface area contributed by atoms with Crippen LogP contribution in [0.2, 0.25) is 0 Å². The first-order valence-electron chi connectivity index (χ1n) is 9.06. The Morgan fingerprint density at radius 3 is 1.76 bits per heavy atom. The van der Waals surface area contributed by atoms with Gasteiger partial charge in [0.2, 0.25) is 6.54 Å². The second-order valence-corrected chi connectivity index (χ2v) is 5.78. The molecule has 0 fully saturated rings. The fourth-order valence-electron chi connectivity index (χ4n) is 2.12. The van der Waals surface area contributed by atoms with Gasteiger partial charge in [-0.2, -0.15) is 0 Å². The minimum atomic E-state index is -0.703. The zero-order valence-corrected chi connectivity index (χ0v) is 15.0. The van der Waals surface area contributed by atoms with E-state index in [2.05, 4.69) is 36.5 Å². The van der Waals surface area contributed by atoms with Gasteiger partial charge in [-0.3, -0.25) is 14.9 Å². The van der Waals surface area contributed by atoms with Crippen LogP contribution in [-0.4, -0.2) is 22.5 Å². The van der Waals surface area contributed by atoms with Crippen molar-refractivity contribution in [2.24, 2.45) is 0 Å². The van der Waals surface area contributed by atoms with Crippen LogP contribution in [0.25, 0.3) is 0 Å². The molecule has 0 heterocycles. The van der Waals surface area contributed by atoms with Gasteiger partial charge in [-0.05, 0) is 38.5 Å². The van der Waals surface area contributed by atoms with Gasteiger partial charge in [-0.1, -0.05) is 61.4 Å². The number of aliphatic carboxylic acids is 1. The number of allylic oxidation sites excluding steroid dienone is 7. The smallest absolute Gasteiger partial charge is 0.303 e. The summed E-state index contributed by atoms with van der Waals surface area (Å²) in [4.78, 5) is 20.2. The summed E-state index contributed by atoms with van der Waals surface area (Å²) in [5.74, 6) is -0.703. The summed E-state index contributed by atoms with van der Waals surface area (Å²) in [7, 11) is 0. The third-order valence-electron chi connectivity index (χ3n) is 3.47. The van der Waals surface area contributed by atoms with E-state index >= 15 is 0 Å². The van der Waals surface area contributed by atoms with E-state index in [4.69, 9.17) is 5.11 Å². The van der Waals surface area contributed by atoms with Gasteiger partial charge < -0.3 is 5.11 Å². The van der Waals surface area contributed by atoms with Crippen LogP contribution in [0.3, 0.4) is 0 Å². The van der Waals surface area contributed by atoms with Crippen molar-refractivity contribution in [1.82, 2.24) is 0 Å². The van der Waals surface area contributed by atoms with Crippen molar-refractivity contribution >= 4 is 5.97 Å². The van der Waals surface area contributed by atoms with Crippen molar-refractivity contribution in [2.75, 3.05) is 6.54 Å². The SMILES string of the molecule is O=C(O)CCCCCCC=CCC=CCC=CCC=CCC[N+](=O)[O-]. The van der Waals surface area contributed by atoms with E-state index in [9.17, 15) is 14.9 Å². The number of carbonyl (C=O) groups is 1. The monoisotopic (exact) mass is 349 g/mol. The number of rotatable bonds is 16. The number of hydrogen-bond donors (Lipinski definition) is 1. The molecule has 0 aromatic rings. The molecule has 5 heteroatoms. The fraction of sp³-hybridized carbons (Fsp3) is 0.550. The molecule has 0 aliphatic rings. The quantitative estimate of drug-likeness (QED) is 0.173. The molecule has 0 aromatic heterocycles. The number of nitro groups is 1. The Kier molecular flexibility index (Phi) is 16.6. The molecule has 0 atom stereocenters. The molecule has 140 valence electrons. The molecule has 0 rings (SSSR count). The van der Waals surface area contributed by atoms with Crippen LogP contribution >= 0.6 is 0 Å². The Bertz CT molecular complexity index is 464. The summed E-state index contributed by atoms with van der Waals surface area (Å²) in [6.07, 6.45) is 25.1. The standard InChI is InChI=1S/C20H31NO4/c22-20(23)18-16-14-12-10-8-6-4-2-1-3-5-7-9-11-13-15-17-19-21(24)25/h1,3-4,6-7,9,13,15H,2,5,8,10-12,14,16-19H2,(H,22,23). The summed E-state index contributed by atoms with van der Waals surface area (Å²) < 4.78 is 0. The lowest BCUT2D eigenvalue weighted by atomic mass is 10.1. The molecule has 0 saturated heterocycles. The van der Waals surface area contributed by atoms with Gasteiger partial charge in [0.05, 0.1) is 0 Å². The van der Waals surface area contributed by atoms with Crippen molar-refractivity contribution in [3.8, 4) is 0 Å². The van der Waals surface area contributed by atoms with Gasteiger partial charge >= 0.3 is 5.97 Å². The number of carboxylic acids is 1. The third-order valence-corrected chi connectivity index (χ3v) is 3.47. The van der Waals surface area contributed by atoms with Gasteiger partial charge in [-0.15, -0.1) is 0 Å². The van der Waals surface area contributed by atoms with Gasteiger partial charge in [0, 0.05) is 17.8 Å².